The van der Waals surface area contributed by atoms with Crippen LogP contribution in [0.3, 0.4) is 0 Å². The molecule has 0 aromatic heterocycles. The van der Waals surface area contributed by atoms with E-state index >= 15 is 0 Å². The average Bonchev–Trinajstić information content (AvgIpc) is 2.48. The Bertz CT molecular complexity index is 489. The zero-order valence-corrected chi connectivity index (χ0v) is 16.7. The minimum atomic E-state index is -0.537. The maximum atomic E-state index is 14.0. The summed E-state index contributed by atoms with van der Waals surface area (Å²) in [4.78, 5) is 5.92. The van der Waals surface area contributed by atoms with Gasteiger partial charge in [-0.05, 0) is 39.6 Å². The first-order valence-electron chi connectivity index (χ1n) is 7.48. The molecule has 7 heteroatoms. The number of halogens is 3. The fourth-order valence-corrected chi connectivity index (χ4v) is 2.10. The van der Waals surface area contributed by atoms with Crippen LogP contribution in [0, 0.1) is 11.6 Å². The highest BCUT2D eigenvalue weighted by atomic mass is 127. The molecule has 0 aliphatic heterocycles. The van der Waals surface area contributed by atoms with Gasteiger partial charge in [-0.2, -0.15) is 0 Å². The van der Waals surface area contributed by atoms with Crippen molar-refractivity contribution in [2.24, 2.45) is 4.99 Å². The van der Waals surface area contributed by atoms with Crippen molar-refractivity contribution in [2.75, 3.05) is 27.7 Å². The first-order chi connectivity index (χ1) is 10.4. The third-order valence-corrected chi connectivity index (χ3v) is 3.64. The molecular weight excluding hydrogens is 413 g/mol. The lowest BCUT2D eigenvalue weighted by Crippen LogP contribution is -2.45. The van der Waals surface area contributed by atoms with Crippen molar-refractivity contribution in [2.45, 2.75) is 32.4 Å². The van der Waals surface area contributed by atoms with E-state index in [4.69, 9.17) is 0 Å². The van der Waals surface area contributed by atoms with Crippen LogP contribution in [0.4, 0.5) is 8.78 Å². The van der Waals surface area contributed by atoms with Crippen LogP contribution in [-0.2, 0) is 0 Å². The summed E-state index contributed by atoms with van der Waals surface area (Å²) in [6.07, 6.45) is 0.958. The molecule has 2 N–H and O–H groups in total. The van der Waals surface area contributed by atoms with Gasteiger partial charge in [0.25, 0.3) is 0 Å². The third-order valence-electron chi connectivity index (χ3n) is 3.64. The normalized spacial score (nSPS) is 14.2. The fourth-order valence-electron chi connectivity index (χ4n) is 2.10. The van der Waals surface area contributed by atoms with Crippen LogP contribution in [0.1, 0.15) is 31.9 Å². The predicted octanol–water partition coefficient (Wildman–Crippen LogP) is 3.15. The van der Waals surface area contributed by atoms with Gasteiger partial charge in [0.2, 0.25) is 0 Å². The van der Waals surface area contributed by atoms with Crippen molar-refractivity contribution >= 4 is 29.9 Å². The molecule has 2 atom stereocenters. The first kappa shape index (κ1) is 22.0. The van der Waals surface area contributed by atoms with Crippen molar-refractivity contribution in [1.29, 1.82) is 0 Å². The molecule has 0 saturated carbocycles. The summed E-state index contributed by atoms with van der Waals surface area (Å²) in [7, 11) is 5.26. The maximum Gasteiger partial charge on any atom is 0.191 e. The van der Waals surface area contributed by atoms with Gasteiger partial charge in [-0.1, -0.05) is 13.0 Å². The Morgan fingerprint density at radius 2 is 1.83 bits per heavy atom. The van der Waals surface area contributed by atoms with E-state index in [0.29, 0.717) is 12.5 Å². The van der Waals surface area contributed by atoms with Crippen molar-refractivity contribution in [3.05, 3.63) is 35.4 Å². The molecule has 0 aliphatic carbocycles. The Morgan fingerprint density at radius 1 is 1.26 bits per heavy atom. The standard InChI is InChI=1S/C16H26F2N4.HI/c1-6-11(2)21-16(19-3)20-10-14(22(4)5)15-12(17)8-7-9-13(15)18;/h7-9,11,14H,6,10H2,1-5H3,(H2,19,20,21);1H. The largest absolute Gasteiger partial charge is 0.354 e. The molecule has 0 aliphatic rings. The SMILES string of the molecule is CCC(C)NC(=NC)NCC(c1c(F)cccc1F)N(C)C.I. The first-order valence-corrected chi connectivity index (χ1v) is 7.48. The number of guanidine groups is 1. The van der Waals surface area contributed by atoms with Gasteiger partial charge in [0.05, 0.1) is 6.04 Å². The van der Waals surface area contributed by atoms with Crippen LogP contribution in [0.5, 0.6) is 0 Å². The molecule has 1 aromatic rings. The van der Waals surface area contributed by atoms with Crippen LogP contribution in [0.2, 0.25) is 0 Å². The smallest absolute Gasteiger partial charge is 0.191 e. The van der Waals surface area contributed by atoms with Crippen LogP contribution >= 0.6 is 24.0 Å². The Morgan fingerprint density at radius 3 is 2.26 bits per heavy atom. The number of nitrogens with one attached hydrogen (secondary N) is 2. The molecule has 0 spiro atoms. The molecule has 0 amide bonds. The lowest BCUT2D eigenvalue weighted by Gasteiger charge is -2.27. The van der Waals surface area contributed by atoms with Gasteiger partial charge < -0.3 is 15.5 Å². The quantitative estimate of drug-likeness (QED) is 0.406. The number of rotatable bonds is 6. The summed E-state index contributed by atoms with van der Waals surface area (Å²) in [5, 5.41) is 6.36. The van der Waals surface area contributed by atoms with E-state index in [-0.39, 0.29) is 35.6 Å². The molecular formula is C16H27F2IN4. The van der Waals surface area contributed by atoms with E-state index < -0.39 is 17.7 Å². The highest BCUT2D eigenvalue weighted by molar-refractivity contribution is 14.0. The molecule has 23 heavy (non-hydrogen) atoms. The van der Waals surface area contributed by atoms with E-state index in [1.807, 2.05) is 6.92 Å². The lowest BCUT2D eigenvalue weighted by atomic mass is 10.0. The molecule has 1 rings (SSSR count). The van der Waals surface area contributed by atoms with Crippen LogP contribution in [0.25, 0.3) is 0 Å². The van der Waals surface area contributed by atoms with Gasteiger partial charge >= 0.3 is 0 Å². The number of likely N-dealkylation sites (N-methyl/N-ethyl adjacent to an activating group) is 1. The molecule has 0 radical (unpaired) electrons. The lowest BCUT2D eigenvalue weighted by molar-refractivity contribution is 0.282. The van der Waals surface area contributed by atoms with Crippen LogP contribution in [-0.4, -0.2) is 44.6 Å². The zero-order chi connectivity index (χ0) is 16.7. The van der Waals surface area contributed by atoms with Crippen LogP contribution in [0.15, 0.2) is 23.2 Å². The highest BCUT2D eigenvalue weighted by Gasteiger charge is 2.22. The minimum Gasteiger partial charge on any atom is -0.354 e. The number of nitrogens with zero attached hydrogens (tertiary/aromatic N) is 2. The molecule has 1 aromatic carbocycles. The number of hydrogen-bond donors (Lipinski definition) is 2. The van der Waals surface area contributed by atoms with Crippen molar-refractivity contribution in [1.82, 2.24) is 15.5 Å². The van der Waals surface area contributed by atoms with Crippen molar-refractivity contribution < 1.29 is 8.78 Å². The second kappa shape index (κ2) is 10.7. The van der Waals surface area contributed by atoms with E-state index in [9.17, 15) is 8.78 Å². The summed E-state index contributed by atoms with van der Waals surface area (Å²) >= 11 is 0. The molecule has 132 valence electrons. The Kier molecular flexibility index (Phi) is 10.3. The fraction of sp³-hybridized carbons (Fsp3) is 0.562. The highest BCUT2D eigenvalue weighted by Crippen LogP contribution is 2.23. The van der Waals surface area contributed by atoms with Gasteiger partial charge in [0, 0.05) is 25.2 Å². The summed E-state index contributed by atoms with van der Waals surface area (Å²) in [5.74, 6) is -0.450. The summed E-state index contributed by atoms with van der Waals surface area (Å²) in [6.45, 7) is 4.47. The predicted molar refractivity (Wildman–Crippen MR) is 102 cm³/mol. The van der Waals surface area contributed by atoms with Gasteiger partial charge in [0.1, 0.15) is 11.6 Å². The monoisotopic (exact) mass is 440 g/mol. The van der Waals surface area contributed by atoms with Gasteiger partial charge in [0.15, 0.2) is 5.96 Å². The van der Waals surface area contributed by atoms with Gasteiger partial charge in [-0.3, -0.25) is 4.99 Å². The van der Waals surface area contributed by atoms with E-state index in [1.54, 1.807) is 26.0 Å². The Hall–Kier alpha value is -0.960. The number of benzene rings is 1. The number of aliphatic imine (C=N–C) groups is 1. The van der Waals surface area contributed by atoms with Crippen molar-refractivity contribution in [3.8, 4) is 0 Å². The summed E-state index contributed by atoms with van der Waals surface area (Å²) in [6, 6.07) is 3.77. The van der Waals surface area contributed by atoms with Crippen LogP contribution < -0.4 is 10.6 Å². The Balaban J connectivity index is 0.00000484. The van der Waals surface area contributed by atoms with E-state index in [2.05, 4.69) is 22.5 Å². The van der Waals surface area contributed by atoms with Gasteiger partial charge in [-0.25, -0.2) is 8.78 Å². The van der Waals surface area contributed by atoms with E-state index in [0.717, 1.165) is 6.42 Å². The van der Waals surface area contributed by atoms with Gasteiger partial charge in [-0.15, -0.1) is 24.0 Å². The molecule has 2 unspecified atom stereocenters. The summed E-state index contributed by atoms with van der Waals surface area (Å²) < 4.78 is 28.0. The molecule has 4 nitrogen and oxygen atoms in total. The molecule has 0 heterocycles. The minimum absolute atomic E-state index is 0. The number of hydrogen-bond acceptors (Lipinski definition) is 2. The second-order valence-electron chi connectivity index (χ2n) is 5.52. The maximum absolute atomic E-state index is 14.0. The molecule has 0 saturated heterocycles. The Labute approximate surface area is 154 Å². The summed E-state index contributed by atoms with van der Waals surface area (Å²) in [5.41, 5.74) is 0.0685. The second-order valence-corrected chi connectivity index (χ2v) is 5.52. The average molecular weight is 440 g/mol. The molecule has 0 fully saturated rings. The van der Waals surface area contributed by atoms with E-state index in [1.165, 1.54) is 18.2 Å². The third kappa shape index (κ3) is 6.58. The molecule has 0 bridgehead atoms. The zero-order valence-electron chi connectivity index (χ0n) is 14.4. The topological polar surface area (TPSA) is 39.7 Å². The van der Waals surface area contributed by atoms with Crippen molar-refractivity contribution in [3.63, 3.8) is 0 Å².